The molecule has 3 aromatic carbocycles. The summed E-state index contributed by atoms with van der Waals surface area (Å²) in [5.41, 5.74) is 2.45. The van der Waals surface area contributed by atoms with E-state index < -0.39 is 18.0 Å². The average molecular weight is 434 g/mol. The van der Waals surface area contributed by atoms with Gasteiger partial charge in [0.25, 0.3) is 5.91 Å². The first-order valence-corrected chi connectivity index (χ1v) is 10.3. The molecule has 0 saturated carbocycles. The minimum atomic E-state index is -0.954. The molecule has 32 heavy (non-hydrogen) atoms. The molecule has 3 aromatic rings. The number of nitrogens with zero attached hydrogens (tertiary/aromatic N) is 1. The number of anilines is 1. The third kappa shape index (κ3) is 5.01. The van der Waals surface area contributed by atoms with Crippen LogP contribution in [0.3, 0.4) is 0 Å². The van der Waals surface area contributed by atoms with Crippen molar-refractivity contribution in [1.82, 2.24) is 4.90 Å². The van der Waals surface area contributed by atoms with Gasteiger partial charge >= 0.3 is 0 Å². The van der Waals surface area contributed by atoms with Crippen LogP contribution >= 0.6 is 0 Å². The fourth-order valence-corrected chi connectivity index (χ4v) is 3.66. The molecule has 2 N–H and O–H groups in total. The lowest BCUT2D eigenvalue weighted by Crippen LogP contribution is -2.51. The van der Waals surface area contributed by atoms with Gasteiger partial charge in [-0.1, -0.05) is 42.5 Å². The minimum absolute atomic E-state index is 0.00952. The molecule has 0 radical (unpaired) electrons. The molecule has 1 heterocycles. The monoisotopic (exact) mass is 434 g/mol. The number of amides is 2. The number of halogens is 1. The Morgan fingerprint density at radius 1 is 1.06 bits per heavy atom. The van der Waals surface area contributed by atoms with Crippen LogP contribution in [0, 0.1) is 5.82 Å². The van der Waals surface area contributed by atoms with Gasteiger partial charge in [0.1, 0.15) is 18.5 Å². The number of hydrogen-bond acceptors (Lipinski definition) is 4. The third-order valence-corrected chi connectivity index (χ3v) is 5.41. The Balaban J connectivity index is 1.45. The Kier molecular flexibility index (Phi) is 6.58. The van der Waals surface area contributed by atoms with Crippen molar-refractivity contribution in [2.75, 3.05) is 18.5 Å². The van der Waals surface area contributed by atoms with Crippen molar-refractivity contribution in [2.45, 2.75) is 18.7 Å². The Morgan fingerprint density at radius 2 is 1.75 bits per heavy atom. The summed E-state index contributed by atoms with van der Waals surface area (Å²) in [6.07, 6.45) is -0.954. The van der Waals surface area contributed by atoms with E-state index in [1.165, 1.54) is 24.3 Å². The summed E-state index contributed by atoms with van der Waals surface area (Å²) in [6.45, 7) is 0.601. The normalized spacial score (nSPS) is 17.1. The number of aliphatic hydroxyl groups excluding tert-OH is 1. The first kappa shape index (κ1) is 21.7. The molecule has 1 fully saturated rings. The SMILES string of the molecule is O=C(Nc1ccc([C@@H](O)[C@H]2COCC(=O)N2Cc2ccccc2)cc1)c1ccc(F)cc1. The fourth-order valence-electron chi connectivity index (χ4n) is 3.66. The number of carbonyl (C=O) groups excluding carboxylic acids is 2. The second kappa shape index (κ2) is 9.72. The van der Waals surface area contributed by atoms with E-state index in [1.54, 1.807) is 29.2 Å². The van der Waals surface area contributed by atoms with Crippen molar-refractivity contribution < 1.29 is 23.8 Å². The van der Waals surface area contributed by atoms with E-state index >= 15 is 0 Å². The van der Waals surface area contributed by atoms with Crippen molar-refractivity contribution in [3.05, 3.63) is 101 Å². The van der Waals surface area contributed by atoms with Crippen LogP contribution in [0.1, 0.15) is 27.6 Å². The number of rotatable bonds is 6. The van der Waals surface area contributed by atoms with Gasteiger partial charge in [-0.3, -0.25) is 9.59 Å². The number of carbonyl (C=O) groups is 2. The van der Waals surface area contributed by atoms with Gasteiger partial charge in [0.05, 0.1) is 12.6 Å². The van der Waals surface area contributed by atoms with E-state index in [2.05, 4.69) is 5.32 Å². The Bertz CT molecular complexity index is 1070. The van der Waals surface area contributed by atoms with Gasteiger partial charge in [-0.2, -0.15) is 0 Å². The molecule has 1 aliphatic heterocycles. The molecule has 0 aromatic heterocycles. The van der Waals surface area contributed by atoms with Crippen molar-refractivity contribution in [3.63, 3.8) is 0 Å². The zero-order valence-corrected chi connectivity index (χ0v) is 17.3. The highest BCUT2D eigenvalue weighted by Crippen LogP contribution is 2.27. The standard InChI is InChI=1S/C25H23FN2O4/c26-20-10-6-19(7-11-20)25(31)27-21-12-8-18(9-13-21)24(30)22-15-32-16-23(29)28(22)14-17-4-2-1-3-5-17/h1-13,22,24,30H,14-16H2,(H,27,31)/t22-,24-/m1/s1. The van der Waals surface area contributed by atoms with E-state index in [0.717, 1.165) is 5.56 Å². The van der Waals surface area contributed by atoms with E-state index in [1.807, 2.05) is 30.3 Å². The van der Waals surface area contributed by atoms with Crippen LogP contribution in [-0.2, 0) is 16.1 Å². The molecule has 0 spiro atoms. The summed E-state index contributed by atoms with van der Waals surface area (Å²) < 4.78 is 18.4. The molecule has 164 valence electrons. The van der Waals surface area contributed by atoms with Gasteiger partial charge < -0.3 is 20.1 Å². The zero-order valence-electron chi connectivity index (χ0n) is 17.3. The summed E-state index contributed by atoms with van der Waals surface area (Å²) >= 11 is 0. The van der Waals surface area contributed by atoms with E-state index in [9.17, 15) is 19.1 Å². The lowest BCUT2D eigenvalue weighted by molar-refractivity contribution is -0.155. The molecule has 2 atom stereocenters. The van der Waals surface area contributed by atoms with Crippen molar-refractivity contribution in [3.8, 4) is 0 Å². The van der Waals surface area contributed by atoms with Crippen molar-refractivity contribution >= 4 is 17.5 Å². The van der Waals surface area contributed by atoms with Crippen LogP contribution in [0.2, 0.25) is 0 Å². The first-order valence-electron chi connectivity index (χ1n) is 10.3. The maximum atomic E-state index is 13.0. The molecule has 1 saturated heterocycles. The smallest absolute Gasteiger partial charge is 0.255 e. The third-order valence-electron chi connectivity index (χ3n) is 5.41. The van der Waals surface area contributed by atoms with Crippen molar-refractivity contribution in [1.29, 1.82) is 0 Å². The molecule has 6 nitrogen and oxygen atoms in total. The molecular formula is C25H23FN2O4. The van der Waals surface area contributed by atoms with Gasteiger partial charge in [0, 0.05) is 17.8 Å². The molecule has 1 aliphatic rings. The molecule has 0 bridgehead atoms. The van der Waals surface area contributed by atoms with E-state index in [0.29, 0.717) is 23.4 Å². The number of hydrogen-bond donors (Lipinski definition) is 2. The fraction of sp³-hybridized carbons (Fsp3) is 0.200. The highest BCUT2D eigenvalue weighted by atomic mass is 19.1. The Hall–Kier alpha value is -3.55. The maximum absolute atomic E-state index is 13.0. The molecule has 2 amide bonds. The highest BCUT2D eigenvalue weighted by Gasteiger charge is 2.34. The summed E-state index contributed by atoms with van der Waals surface area (Å²) in [7, 11) is 0. The van der Waals surface area contributed by atoms with Gasteiger partial charge in [0.15, 0.2) is 0 Å². The van der Waals surface area contributed by atoms with Crippen LogP contribution in [0.5, 0.6) is 0 Å². The second-order valence-corrected chi connectivity index (χ2v) is 7.62. The molecule has 0 aliphatic carbocycles. The maximum Gasteiger partial charge on any atom is 0.255 e. The van der Waals surface area contributed by atoms with Crippen LogP contribution in [0.4, 0.5) is 10.1 Å². The predicted molar refractivity (Wildman–Crippen MR) is 117 cm³/mol. The summed E-state index contributed by atoms with van der Waals surface area (Å²) in [6, 6.07) is 21.1. The number of benzene rings is 3. The zero-order chi connectivity index (χ0) is 22.5. The lowest BCUT2D eigenvalue weighted by Gasteiger charge is -2.38. The van der Waals surface area contributed by atoms with Crippen LogP contribution in [0.25, 0.3) is 0 Å². The molecular weight excluding hydrogens is 411 g/mol. The number of morpholine rings is 1. The van der Waals surface area contributed by atoms with Crippen LogP contribution in [-0.4, -0.2) is 41.1 Å². The van der Waals surface area contributed by atoms with Gasteiger partial charge in [-0.25, -0.2) is 4.39 Å². The summed E-state index contributed by atoms with van der Waals surface area (Å²) in [5, 5.41) is 13.7. The predicted octanol–water partition coefficient (Wildman–Crippen LogP) is 3.54. The summed E-state index contributed by atoms with van der Waals surface area (Å²) in [4.78, 5) is 26.4. The number of ether oxygens (including phenoxy) is 1. The molecule has 7 heteroatoms. The van der Waals surface area contributed by atoms with Crippen LogP contribution < -0.4 is 5.32 Å². The molecule has 0 unspecified atom stereocenters. The Labute approximate surface area is 185 Å². The molecule has 4 rings (SSSR count). The van der Waals surface area contributed by atoms with Gasteiger partial charge in [-0.05, 0) is 47.5 Å². The Morgan fingerprint density at radius 3 is 2.44 bits per heavy atom. The van der Waals surface area contributed by atoms with Gasteiger partial charge in [-0.15, -0.1) is 0 Å². The summed E-state index contributed by atoms with van der Waals surface area (Å²) in [5.74, 6) is -0.947. The number of aliphatic hydroxyl groups is 1. The highest BCUT2D eigenvalue weighted by molar-refractivity contribution is 6.04. The van der Waals surface area contributed by atoms with E-state index in [-0.39, 0.29) is 25.0 Å². The minimum Gasteiger partial charge on any atom is -0.386 e. The second-order valence-electron chi connectivity index (χ2n) is 7.62. The lowest BCUT2D eigenvalue weighted by atomic mass is 9.99. The largest absolute Gasteiger partial charge is 0.386 e. The van der Waals surface area contributed by atoms with Crippen molar-refractivity contribution in [2.24, 2.45) is 0 Å². The van der Waals surface area contributed by atoms with Gasteiger partial charge in [0.2, 0.25) is 5.91 Å². The quantitative estimate of drug-likeness (QED) is 0.622. The average Bonchev–Trinajstić information content (AvgIpc) is 2.81. The topological polar surface area (TPSA) is 78.9 Å². The number of nitrogens with one attached hydrogen (secondary N) is 1. The van der Waals surface area contributed by atoms with Crippen LogP contribution in [0.15, 0.2) is 78.9 Å². The first-order chi connectivity index (χ1) is 15.5. The van der Waals surface area contributed by atoms with E-state index in [4.69, 9.17) is 4.74 Å².